The van der Waals surface area contributed by atoms with Crippen molar-refractivity contribution in [3.8, 4) is 0 Å². The Hall–Kier alpha value is -3.41. The van der Waals surface area contributed by atoms with Crippen molar-refractivity contribution in [1.29, 1.82) is 0 Å². The maximum atomic E-state index is 12.7. The Morgan fingerprint density at radius 3 is 2.68 bits per heavy atom. The Labute approximate surface area is 179 Å². The van der Waals surface area contributed by atoms with Gasteiger partial charge in [0.05, 0.1) is 11.1 Å². The monoisotopic (exact) mass is 412 g/mol. The fraction of sp³-hybridized carbons (Fsp3) is 0.320. The average molecular weight is 412 g/mol. The van der Waals surface area contributed by atoms with Crippen molar-refractivity contribution < 1.29 is 4.79 Å². The molecule has 2 aliphatic rings. The van der Waals surface area contributed by atoms with E-state index < -0.39 is 0 Å². The molecule has 1 spiro atoms. The van der Waals surface area contributed by atoms with Gasteiger partial charge >= 0.3 is 0 Å². The zero-order valence-electron chi connectivity index (χ0n) is 17.4. The summed E-state index contributed by atoms with van der Waals surface area (Å²) in [6.45, 7) is 0. The Morgan fingerprint density at radius 2 is 1.87 bits per heavy atom. The number of nitrogens with one attached hydrogen (secondary N) is 2. The number of hydrogen-bond acceptors (Lipinski definition) is 3. The maximum Gasteiger partial charge on any atom is 0.272 e. The van der Waals surface area contributed by atoms with Gasteiger partial charge in [-0.15, -0.1) is 0 Å². The summed E-state index contributed by atoms with van der Waals surface area (Å²) < 4.78 is 2.06. The summed E-state index contributed by atoms with van der Waals surface area (Å²) in [6.07, 6.45) is 6.18. The Morgan fingerprint density at radius 1 is 1.10 bits per heavy atom. The van der Waals surface area contributed by atoms with E-state index in [-0.39, 0.29) is 17.5 Å². The van der Waals surface area contributed by atoms with Gasteiger partial charge in [0.2, 0.25) is 0 Å². The van der Waals surface area contributed by atoms with E-state index in [1.807, 2.05) is 61.8 Å². The molecule has 2 heterocycles. The Bertz CT molecular complexity index is 1390. The second-order valence-corrected chi connectivity index (χ2v) is 9.37. The molecule has 2 aromatic carbocycles. The number of aryl methyl sites for hydroxylation is 1. The van der Waals surface area contributed by atoms with Gasteiger partial charge in [0.1, 0.15) is 0 Å². The molecule has 0 radical (unpaired) electrons. The lowest BCUT2D eigenvalue weighted by molar-refractivity contribution is -0.0196. The van der Waals surface area contributed by atoms with Gasteiger partial charge < -0.3 is 9.88 Å². The molecule has 4 aromatic rings. The highest BCUT2D eigenvalue weighted by Crippen LogP contribution is 2.62. The first kappa shape index (κ1) is 18.4. The number of hydrogen-bond donors (Lipinski definition) is 2. The predicted octanol–water partition coefficient (Wildman–Crippen LogP) is 3.87. The predicted molar refractivity (Wildman–Crippen MR) is 120 cm³/mol. The molecule has 2 aliphatic carbocycles. The summed E-state index contributed by atoms with van der Waals surface area (Å²) in [6, 6.07) is 15.8. The van der Waals surface area contributed by atoms with E-state index in [4.69, 9.17) is 0 Å². The zero-order chi connectivity index (χ0) is 21.2. The van der Waals surface area contributed by atoms with Crippen molar-refractivity contribution in [2.75, 3.05) is 0 Å². The van der Waals surface area contributed by atoms with E-state index in [1.54, 1.807) is 0 Å². The molecule has 2 aromatic heterocycles. The number of rotatable bonds is 3. The number of benzene rings is 2. The molecule has 6 heteroatoms. The second-order valence-electron chi connectivity index (χ2n) is 9.37. The van der Waals surface area contributed by atoms with Gasteiger partial charge in [-0.1, -0.05) is 18.2 Å². The summed E-state index contributed by atoms with van der Waals surface area (Å²) >= 11 is 0. The van der Waals surface area contributed by atoms with Gasteiger partial charge in [0, 0.05) is 47.1 Å². The van der Waals surface area contributed by atoms with Crippen LogP contribution < -0.4 is 10.9 Å². The van der Waals surface area contributed by atoms with E-state index >= 15 is 0 Å². The quantitative estimate of drug-likeness (QED) is 0.536. The van der Waals surface area contributed by atoms with Crippen LogP contribution in [0.2, 0.25) is 0 Å². The lowest BCUT2D eigenvalue weighted by atomic mass is 9.49. The fourth-order valence-electron chi connectivity index (χ4n) is 5.74. The highest BCUT2D eigenvalue weighted by molar-refractivity contribution is 5.98. The minimum Gasteiger partial charge on any atom is -0.351 e. The Kier molecular flexibility index (Phi) is 3.88. The first-order valence-corrected chi connectivity index (χ1v) is 10.8. The molecule has 0 atom stereocenters. The molecule has 2 N–H and O–H groups in total. The van der Waals surface area contributed by atoms with Crippen LogP contribution in [0.4, 0.5) is 0 Å². The van der Waals surface area contributed by atoms with Crippen molar-refractivity contribution >= 4 is 27.6 Å². The van der Waals surface area contributed by atoms with Crippen molar-refractivity contribution in [2.24, 2.45) is 12.5 Å². The number of carbonyl (C=O) groups is 1. The lowest BCUT2D eigenvalue weighted by Crippen LogP contribution is -2.55. The summed E-state index contributed by atoms with van der Waals surface area (Å²) in [5.74, 6) is 0.383. The van der Waals surface area contributed by atoms with Crippen LogP contribution in [-0.2, 0) is 7.05 Å². The third-order valence-electron chi connectivity index (χ3n) is 7.31. The van der Waals surface area contributed by atoms with Crippen LogP contribution in [0, 0.1) is 5.41 Å². The highest BCUT2D eigenvalue weighted by Gasteiger charge is 2.54. The molecule has 2 saturated carbocycles. The van der Waals surface area contributed by atoms with E-state index in [1.165, 1.54) is 0 Å². The van der Waals surface area contributed by atoms with Gasteiger partial charge in [-0.05, 0) is 61.4 Å². The molecular weight excluding hydrogens is 388 g/mol. The summed E-state index contributed by atoms with van der Waals surface area (Å²) in [5.41, 5.74) is 3.03. The average Bonchev–Trinajstić information content (AvgIpc) is 3.10. The minimum atomic E-state index is -0.131. The van der Waals surface area contributed by atoms with E-state index in [0.717, 1.165) is 53.2 Å². The summed E-state index contributed by atoms with van der Waals surface area (Å²) in [5, 5.41) is 13.0. The standard InChI is InChI=1S/C25H24N4O2/c1-29-9-8-15-10-16(6-7-21(15)29)23(30)26-18-13-25(14-18)11-17(12-25)22-19-4-2-3-5-20(19)24(31)28-27-22/h2-10,17-18H,11-14H2,1H3,(H,26,30)(H,28,31)/t17-,18-,25?. The van der Waals surface area contributed by atoms with Crippen LogP contribution in [0.1, 0.15) is 47.7 Å². The Balaban J connectivity index is 1.10. The van der Waals surface area contributed by atoms with E-state index in [2.05, 4.69) is 20.1 Å². The van der Waals surface area contributed by atoms with E-state index in [9.17, 15) is 9.59 Å². The number of aromatic nitrogens is 3. The van der Waals surface area contributed by atoms with Crippen LogP contribution >= 0.6 is 0 Å². The highest BCUT2D eigenvalue weighted by atomic mass is 16.1. The SMILES string of the molecule is Cn1ccc2cc(C(=O)N[C@H]3CC4(C3)C[C@H](c3n[nH]c(=O)c5ccccc53)C4)ccc21. The largest absolute Gasteiger partial charge is 0.351 e. The maximum absolute atomic E-state index is 12.7. The molecule has 156 valence electrons. The normalized spacial score (nSPS) is 24.8. The van der Waals surface area contributed by atoms with Crippen LogP contribution in [-0.4, -0.2) is 26.7 Å². The second kappa shape index (κ2) is 6.54. The van der Waals surface area contributed by atoms with Crippen LogP contribution in [0.5, 0.6) is 0 Å². The molecule has 1 amide bonds. The molecule has 0 bridgehead atoms. The molecule has 31 heavy (non-hydrogen) atoms. The number of nitrogens with zero attached hydrogens (tertiary/aromatic N) is 2. The molecule has 6 rings (SSSR count). The van der Waals surface area contributed by atoms with Crippen LogP contribution in [0.25, 0.3) is 21.7 Å². The minimum absolute atomic E-state index is 0.00905. The zero-order valence-corrected chi connectivity index (χ0v) is 17.4. The molecule has 6 nitrogen and oxygen atoms in total. The molecule has 2 fully saturated rings. The number of amides is 1. The first-order valence-electron chi connectivity index (χ1n) is 10.8. The number of fused-ring (bicyclic) bond motifs is 2. The molecule has 0 saturated heterocycles. The summed E-state index contributed by atoms with van der Waals surface area (Å²) in [7, 11) is 2.01. The van der Waals surface area contributed by atoms with Crippen molar-refractivity contribution in [3.05, 3.63) is 76.3 Å². The van der Waals surface area contributed by atoms with Gasteiger partial charge in [0.15, 0.2) is 0 Å². The number of carbonyl (C=O) groups excluding carboxylic acids is 1. The number of H-pyrrole nitrogens is 1. The van der Waals surface area contributed by atoms with Gasteiger partial charge in [0.25, 0.3) is 11.5 Å². The summed E-state index contributed by atoms with van der Waals surface area (Å²) in [4.78, 5) is 24.7. The van der Waals surface area contributed by atoms with Gasteiger partial charge in [-0.25, -0.2) is 5.10 Å². The lowest BCUT2D eigenvalue weighted by Gasteiger charge is -2.57. The van der Waals surface area contributed by atoms with E-state index in [0.29, 0.717) is 16.7 Å². The molecule has 0 aliphatic heterocycles. The van der Waals surface area contributed by atoms with Crippen LogP contribution in [0.15, 0.2) is 59.5 Å². The third kappa shape index (κ3) is 2.89. The van der Waals surface area contributed by atoms with Crippen molar-refractivity contribution in [2.45, 2.75) is 37.6 Å². The topological polar surface area (TPSA) is 79.8 Å². The fourth-order valence-corrected chi connectivity index (χ4v) is 5.74. The third-order valence-corrected chi connectivity index (χ3v) is 7.31. The first-order chi connectivity index (χ1) is 15.0. The van der Waals surface area contributed by atoms with Gasteiger partial charge in [-0.3, -0.25) is 9.59 Å². The van der Waals surface area contributed by atoms with Crippen LogP contribution in [0.3, 0.4) is 0 Å². The van der Waals surface area contributed by atoms with Crippen molar-refractivity contribution in [1.82, 2.24) is 20.1 Å². The molecule has 0 unspecified atom stereocenters. The van der Waals surface area contributed by atoms with Crippen molar-refractivity contribution in [3.63, 3.8) is 0 Å². The smallest absolute Gasteiger partial charge is 0.272 e. The van der Waals surface area contributed by atoms with Gasteiger partial charge in [-0.2, -0.15) is 5.10 Å². The number of aromatic amines is 1. The molecular formula is C25H24N4O2.